The highest BCUT2D eigenvalue weighted by Crippen LogP contribution is 2.31. The molecule has 0 saturated carbocycles. The van der Waals surface area contributed by atoms with E-state index in [0.717, 1.165) is 5.56 Å². The summed E-state index contributed by atoms with van der Waals surface area (Å²) in [4.78, 5) is 0. The molecule has 1 fully saturated rings. The van der Waals surface area contributed by atoms with E-state index < -0.39 is 24.6 Å². The average molecular weight is 312 g/mol. The third-order valence-corrected chi connectivity index (χ3v) is 3.30. The molecule has 1 aromatic carbocycles. The lowest BCUT2D eigenvalue weighted by Gasteiger charge is -2.35. The first-order valence-corrected chi connectivity index (χ1v) is 6.84. The lowest BCUT2D eigenvalue weighted by atomic mass is 10.1. The van der Waals surface area contributed by atoms with Gasteiger partial charge in [-0.1, -0.05) is 18.2 Å². The molecule has 4 N–H and O–H groups in total. The zero-order valence-electron chi connectivity index (χ0n) is 12.1. The van der Waals surface area contributed by atoms with Crippen LogP contribution in [0.4, 0.5) is 0 Å². The molecule has 0 unspecified atom stereocenters. The van der Waals surface area contributed by atoms with Gasteiger partial charge in [0, 0.05) is 0 Å². The van der Waals surface area contributed by atoms with Gasteiger partial charge in [0.25, 0.3) is 0 Å². The van der Waals surface area contributed by atoms with Gasteiger partial charge in [0.05, 0.1) is 20.3 Å². The molecule has 0 radical (unpaired) electrons. The topological polar surface area (TPSA) is 109 Å². The Morgan fingerprint density at radius 3 is 2.68 bits per heavy atom. The quantitative estimate of drug-likeness (QED) is 0.581. The van der Waals surface area contributed by atoms with Crippen molar-refractivity contribution in [2.75, 3.05) is 20.3 Å². The standard InChI is InChI=1S/C15H20O7/c1-20-12-7-9(3-2-6-16)4-5-11(12)22-15-14(19)13(18)10(17)8-21-15/h2-5,7,10,13-19H,6,8H2,1H3/b3-2+/t10-,13+,14-,15+/m1/s1. The summed E-state index contributed by atoms with van der Waals surface area (Å²) in [5.74, 6) is 0.743. The number of hydrogen-bond acceptors (Lipinski definition) is 7. The predicted molar refractivity (Wildman–Crippen MR) is 77.5 cm³/mol. The van der Waals surface area contributed by atoms with Gasteiger partial charge in [-0.2, -0.15) is 0 Å². The maximum atomic E-state index is 9.86. The van der Waals surface area contributed by atoms with Crippen LogP contribution in [0.2, 0.25) is 0 Å². The molecule has 0 bridgehead atoms. The third kappa shape index (κ3) is 3.76. The van der Waals surface area contributed by atoms with Crippen molar-refractivity contribution in [2.24, 2.45) is 0 Å². The molecule has 7 heteroatoms. The lowest BCUT2D eigenvalue weighted by molar-refractivity contribution is -0.242. The van der Waals surface area contributed by atoms with Crippen LogP contribution in [0.3, 0.4) is 0 Å². The average Bonchev–Trinajstić information content (AvgIpc) is 2.54. The highest BCUT2D eigenvalue weighted by molar-refractivity contribution is 5.55. The van der Waals surface area contributed by atoms with Crippen molar-refractivity contribution in [3.63, 3.8) is 0 Å². The van der Waals surface area contributed by atoms with E-state index in [1.807, 2.05) is 0 Å². The van der Waals surface area contributed by atoms with Crippen LogP contribution in [0.15, 0.2) is 24.3 Å². The molecule has 0 aromatic heterocycles. The molecule has 0 amide bonds. The summed E-state index contributed by atoms with van der Waals surface area (Å²) >= 11 is 0. The van der Waals surface area contributed by atoms with Crippen LogP contribution >= 0.6 is 0 Å². The first-order valence-electron chi connectivity index (χ1n) is 6.84. The van der Waals surface area contributed by atoms with E-state index in [4.69, 9.17) is 19.3 Å². The molecule has 22 heavy (non-hydrogen) atoms. The van der Waals surface area contributed by atoms with Gasteiger partial charge in [-0.25, -0.2) is 0 Å². The molecule has 1 heterocycles. The number of hydrogen-bond donors (Lipinski definition) is 4. The van der Waals surface area contributed by atoms with E-state index in [-0.39, 0.29) is 13.2 Å². The van der Waals surface area contributed by atoms with Crippen LogP contribution in [0.1, 0.15) is 5.56 Å². The Morgan fingerprint density at radius 2 is 2.00 bits per heavy atom. The Kier molecular flexibility index (Phi) is 5.76. The van der Waals surface area contributed by atoms with Crippen LogP contribution in [0, 0.1) is 0 Å². The summed E-state index contributed by atoms with van der Waals surface area (Å²) in [6, 6.07) is 5.07. The minimum absolute atomic E-state index is 0.0666. The van der Waals surface area contributed by atoms with Crippen molar-refractivity contribution in [3.05, 3.63) is 29.8 Å². The number of rotatable bonds is 5. The largest absolute Gasteiger partial charge is 0.493 e. The highest BCUT2D eigenvalue weighted by Gasteiger charge is 2.39. The van der Waals surface area contributed by atoms with Gasteiger partial charge in [-0.3, -0.25) is 0 Å². The molecule has 4 atom stereocenters. The lowest BCUT2D eigenvalue weighted by Crippen LogP contribution is -2.54. The molecule has 1 aromatic rings. The molecule has 0 aliphatic carbocycles. The monoisotopic (exact) mass is 312 g/mol. The van der Waals surface area contributed by atoms with Crippen molar-refractivity contribution >= 4 is 6.08 Å². The summed E-state index contributed by atoms with van der Waals surface area (Å²) in [7, 11) is 1.47. The van der Waals surface area contributed by atoms with E-state index in [2.05, 4.69) is 0 Å². The molecular weight excluding hydrogens is 292 g/mol. The SMILES string of the molecule is COc1cc(/C=C/CO)ccc1O[C@@H]1OC[C@@H](O)[C@H](O)[C@H]1O. The summed E-state index contributed by atoms with van der Waals surface area (Å²) in [5, 5.41) is 37.7. The zero-order valence-corrected chi connectivity index (χ0v) is 12.1. The summed E-state index contributed by atoms with van der Waals surface area (Å²) < 4.78 is 15.9. The van der Waals surface area contributed by atoms with Crippen molar-refractivity contribution < 1.29 is 34.6 Å². The Hall–Kier alpha value is -1.64. The first-order chi connectivity index (χ1) is 10.6. The van der Waals surface area contributed by atoms with Gasteiger partial charge in [0.15, 0.2) is 11.5 Å². The van der Waals surface area contributed by atoms with Crippen molar-refractivity contribution in [1.82, 2.24) is 0 Å². The minimum Gasteiger partial charge on any atom is -0.493 e. The maximum absolute atomic E-state index is 9.86. The number of aliphatic hydroxyl groups excluding tert-OH is 4. The van der Waals surface area contributed by atoms with E-state index >= 15 is 0 Å². The Balaban J connectivity index is 2.13. The molecule has 1 aliphatic rings. The van der Waals surface area contributed by atoms with E-state index in [9.17, 15) is 15.3 Å². The Labute approximate surface area is 128 Å². The van der Waals surface area contributed by atoms with Crippen molar-refractivity contribution in [1.29, 1.82) is 0 Å². The molecule has 1 saturated heterocycles. The molecule has 2 rings (SSSR count). The predicted octanol–water partition coefficient (Wildman–Crippen LogP) is -0.482. The molecular formula is C15H20O7. The fraction of sp³-hybridized carbons (Fsp3) is 0.467. The fourth-order valence-electron chi connectivity index (χ4n) is 2.08. The van der Waals surface area contributed by atoms with E-state index in [1.165, 1.54) is 7.11 Å². The van der Waals surface area contributed by atoms with Crippen molar-refractivity contribution in [3.8, 4) is 11.5 Å². The summed E-state index contributed by atoms with van der Waals surface area (Å²) in [6.07, 6.45) is -1.66. The molecule has 0 spiro atoms. The smallest absolute Gasteiger partial charge is 0.229 e. The van der Waals surface area contributed by atoms with Crippen LogP contribution < -0.4 is 9.47 Å². The van der Waals surface area contributed by atoms with Crippen LogP contribution in [-0.4, -0.2) is 65.4 Å². The highest BCUT2D eigenvalue weighted by atomic mass is 16.7. The van der Waals surface area contributed by atoms with Crippen LogP contribution in [0.25, 0.3) is 6.08 Å². The number of benzene rings is 1. The van der Waals surface area contributed by atoms with Gasteiger partial charge in [-0.15, -0.1) is 0 Å². The second-order valence-electron chi connectivity index (χ2n) is 4.86. The van der Waals surface area contributed by atoms with Gasteiger partial charge in [-0.05, 0) is 17.7 Å². The van der Waals surface area contributed by atoms with Crippen molar-refractivity contribution in [2.45, 2.75) is 24.6 Å². The Bertz CT molecular complexity index is 517. The molecule has 7 nitrogen and oxygen atoms in total. The van der Waals surface area contributed by atoms with Crippen LogP contribution in [-0.2, 0) is 4.74 Å². The molecule has 1 aliphatic heterocycles. The van der Waals surface area contributed by atoms with Gasteiger partial charge >= 0.3 is 0 Å². The third-order valence-electron chi connectivity index (χ3n) is 3.30. The van der Waals surface area contributed by atoms with E-state index in [0.29, 0.717) is 11.5 Å². The zero-order chi connectivity index (χ0) is 16.1. The first kappa shape index (κ1) is 16.7. The minimum atomic E-state index is -1.37. The van der Waals surface area contributed by atoms with E-state index in [1.54, 1.807) is 30.4 Å². The normalized spacial score (nSPS) is 28.8. The summed E-state index contributed by atoms with van der Waals surface area (Å²) in [6.45, 7) is -0.203. The molecule has 122 valence electrons. The number of aliphatic hydroxyl groups is 4. The fourth-order valence-corrected chi connectivity index (χ4v) is 2.08. The van der Waals surface area contributed by atoms with Gasteiger partial charge in [0.2, 0.25) is 6.29 Å². The van der Waals surface area contributed by atoms with Gasteiger partial charge in [0.1, 0.15) is 18.3 Å². The second-order valence-corrected chi connectivity index (χ2v) is 4.86. The summed E-state index contributed by atoms with van der Waals surface area (Å²) in [5.41, 5.74) is 0.804. The van der Waals surface area contributed by atoms with Gasteiger partial charge < -0.3 is 34.6 Å². The maximum Gasteiger partial charge on any atom is 0.229 e. The Morgan fingerprint density at radius 1 is 1.23 bits per heavy atom. The number of ether oxygens (including phenoxy) is 3. The number of methoxy groups -OCH3 is 1. The second kappa shape index (κ2) is 7.57. The van der Waals surface area contributed by atoms with Crippen LogP contribution in [0.5, 0.6) is 11.5 Å².